The minimum Gasteiger partial charge on any atom is -0.491 e. The fourth-order valence-corrected chi connectivity index (χ4v) is 5.66. The fraction of sp³-hybridized carbons (Fsp3) is 0.412. The Balaban J connectivity index is 1.35. The molecule has 2 saturated heterocycles. The standard InChI is InChI=1S/C34H38O7/c1-23-29-22-28(40-32-10-3-5-19-38-32)15-16-30(29)41-34(24-11-13-26(14-12-24)36-20-17-35)33(23)25-7-6-8-27(21-25)39-31-9-2-4-18-37-31/h6-8,11-16,21-23,31-32,35H,2-5,9-10,17-20H2,1H3. The number of aliphatic hydroxyl groups is 1. The van der Waals surface area contributed by atoms with Crippen LogP contribution < -0.4 is 18.9 Å². The molecule has 0 aromatic heterocycles. The van der Waals surface area contributed by atoms with Gasteiger partial charge >= 0.3 is 0 Å². The van der Waals surface area contributed by atoms with Crippen molar-refractivity contribution >= 4 is 11.3 Å². The van der Waals surface area contributed by atoms with Gasteiger partial charge < -0.3 is 33.5 Å². The molecule has 0 bridgehead atoms. The van der Waals surface area contributed by atoms with E-state index in [1.165, 1.54) is 0 Å². The van der Waals surface area contributed by atoms with E-state index < -0.39 is 0 Å². The largest absolute Gasteiger partial charge is 0.491 e. The number of aliphatic hydroxyl groups excluding tert-OH is 1. The van der Waals surface area contributed by atoms with E-state index in [0.29, 0.717) is 5.75 Å². The molecule has 7 heteroatoms. The second-order valence-corrected chi connectivity index (χ2v) is 10.7. The summed E-state index contributed by atoms with van der Waals surface area (Å²) in [5.41, 5.74) is 4.07. The van der Waals surface area contributed by atoms with Crippen molar-refractivity contribution in [3.63, 3.8) is 0 Å². The molecule has 6 rings (SSSR count). The zero-order valence-corrected chi connectivity index (χ0v) is 23.6. The molecule has 0 amide bonds. The van der Waals surface area contributed by atoms with E-state index in [1.54, 1.807) is 0 Å². The molecule has 3 aromatic rings. The Morgan fingerprint density at radius 2 is 1.44 bits per heavy atom. The van der Waals surface area contributed by atoms with Crippen LogP contribution in [0.3, 0.4) is 0 Å². The molecule has 1 N–H and O–H groups in total. The van der Waals surface area contributed by atoms with Crippen molar-refractivity contribution < 1.29 is 33.5 Å². The van der Waals surface area contributed by atoms with Crippen molar-refractivity contribution in [2.45, 2.75) is 63.9 Å². The van der Waals surface area contributed by atoms with Crippen LogP contribution in [0.15, 0.2) is 66.7 Å². The molecule has 0 saturated carbocycles. The van der Waals surface area contributed by atoms with E-state index in [2.05, 4.69) is 25.1 Å². The molecule has 0 aliphatic carbocycles. The molecule has 3 unspecified atom stereocenters. The molecule has 3 heterocycles. The number of ether oxygens (including phenoxy) is 6. The molecule has 3 aromatic carbocycles. The maximum Gasteiger partial charge on any atom is 0.199 e. The quantitative estimate of drug-likeness (QED) is 0.305. The van der Waals surface area contributed by atoms with Gasteiger partial charge in [-0.05, 0) is 85.8 Å². The molecule has 3 atom stereocenters. The topological polar surface area (TPSA) is 75.6 Å². The Morgan fingerprint density at radius 3 is 2.10 bits per heavy atom. The Kier molecular flexibility index (Phi) is 8.75. The van der Waals surface area contributed by atoms with E-state index in [9.17, 15) is 0 Å². The van der Waals surface area contributed by atoms with Crippen molar-refractivity contribution in [2.24, 2.45) is 0 Å². The van der Waals surface area contributed by atoms with Crippen LogP contribution in [0.5, 0.6) is 23.0 Å². The fourth-order valence-electron chi connectivity index (χ4n) is 5.66. The first-order chi connectivity index (χ1) is 20.2. The third-order valence-electron chi connectivity index (χ3n) is 7.77. The van der Waals surface area contributed by atoms with Gasteiger partial charge in [0.15, 0.2) is 12.6 Å². The van der Waals surface area contributed by atoms with Gasteiger partial charge in [-0.1, -0.05) is 19.1 Å². The third-order valence-corrected chi connectivity index (χ3v) is 7.77. The van der Waals surface area contributed by atoms with Gasteiger partial charge in [0.05, 0.1) is 19.8 Å². The van der Waals surface area contributed by atoms with Gasteiger partial charge in [-0.3, -0.25) is 0 Å². The van der Waals surface area contributed by atoms with E-state index in [-0.39, 0.29) is 31.7 Å². The first kappa shape index (κ1) is 27.6. The first-order valence-electron chi connectivity index (χ1n) is 14.7. The molecule has 3 aliphatic rings. The van der Waals surface area contributed by atoms with Crippen LogP contribution >= 0.6 is 0 Å². The van der Waals surface area contributed by atoms with Crippen LogP contribution in [0.1, 0.15) is 68.1 Å². The molecular weight excluding hydrogens is 520 g/mol. The predicted molar refractivity (Wildman–Crippen MR) is 156 cm³/mol. The third kappa shape index (κ3) is 6.53. The van der Waals surface area contributed by atoms with Crippen molar-refractivity contribution in [3.05, 3.63) is 83.4 Å². The molecule has 0 spiro atoms. The zero-order valence-electron chi connectivity index (χ0n) is 23.6. The monoisotopic (exact) mass is 558 g/mol. The van der Waals surface area contributed by atoms with Gasteiger partial charge in [0.1, 0.15) is 35.4 Å². The maximum absolute atomic E-state index is 9.12. The summed E-state index contributed by atoms with van der Waals surface area (Å²) in [5.74, 6) is 3.86. The number of hydrogen-bond donors (Lipinski definition) is 1. The van der Waals surface area contributed by atoms with Crippen LogP contribution in [0.2, 0.25) is 0 Å². The Morgan fingerprint density at radius 1 is 0.756 bits per heavy atom. The number of allylic oxidation sites excluding steroid dienone is 1. The highest BCUT2D eigenvalue weighted by molar-refractivity contribution is 5.94. The molecule has 3 aliphatic heterocycles. The lowest BCUT2D eigenvalue weighted by Gasteiger charge is -2.31. The average Bonchev–Trinajstić information content (AvgIpc) is 3.01. The van der Waals surface area contributed by atoms with Crippen LogP contribution in [0.4, 0.5) is 0 Å². The van der Waals surface area contributed by atoms with Crippen molar-refractivity contribution in [2.75, 3.05) is 26.4 Å². The summed E-state index contributed by atoms with van der Waals surface area (Å²) in [6, 6.07) is 22.0. The highest BCUT2D eigenvalue weighted by atomic mass is 16.7. The predicted octanol–water partition coefficient (Wildman–Crippen LogP) is 6.93. The second-order valence-electron chi connectivity index (χ2n) is 10.7. The Hall–Kier alpha value is -3.52. The normalized spacial score (nSPS) is 22.4. The number of fused-ring (bicyclic) bond motifs is 1. The summed E-state index contributed by atoms with van der Waals surface area (Å²) in [6.07, 6.45) is 5.73. The minimum atomic E-state index is -0.221. The summed E-state index contributed by atoms with van der Waals surface area (Å²) in [7, 11) is 0. The molecule has 0 radical (unpaired) electrons. The van der Waals surface area contributed by atoms with Gasteiger partial charge in [0, 0.05) is 35.5 Å². The molecular formula is C34H38O7. The lowest BCUT2D eigenvalue weighted by molar-refractivity contribution is -0.106. The maximum atomic E-state index is 9.12. The highest BCUT2D eigenvalue weighted by Crippen LogP contribution is 2.48. The zero-order chi connectivity index (χ0) is 28.0. The van der Waals surface area contributed by atoms with Gasteiger partial charge in [-0.15, -0.1) is 0 Å². The molecule has 41 heavy (non-hydrogen) atoms. The highest BCUT2D eigenvalue weighted by Gasteiger charge is 2.30. The Labute approximate surface area is 241 Å². The molecule has 2 fully saturated rings. The lowest BCUT2D eigenvalue weighted by atomic mass is 9.83. The van der Waals surface area contributed by atoms with Gasteiger partial charge in [0.2, 0.25) is 0 Å². The van der Waals surface area contributed by atoms with E-state index >= 15 is 0 Å². The van der Waals surface area contributed by atoms with Crippen LogP contribution in [-0.4, -0.2) is 44.1 Å². The molecule has 216 valence electrons. The summed E-state index contributed by atoms with van der Waals surface area (Å²) in [4.78, 5) is 0. The first-order valence-corrected chi connectivity index (χ1v) is 14.7. The number of benzene rings is 3. The van der Waals surface area contributed by atoms with E-state index in [0.717, 1.165) is 97.0 Å². The SMILES string of the molecule is CC1C(c2cccc(OC3CCCCO3)c2)=C(c2ccc(OCCO)cc2)Oc2ccc(OC3CCCCO3)cc21. The molecule has 7 nitrogen and oxygen atoms in total. The van der Waals surface area contributed by atoms with E-state index in [1.807, 2.05) is 48.5 Å². The summed E-state index contributed by atoms with van der Waals surface area (Å²) in [6.45, 7) is 3.89. The van der Waals surface area contributed by atoms with Crippen molar-refractivity contribution in [3.8, 4) is 23.0 Å². The van der Waals surface area contributed by atoms with E-state index in [4.69, 9.17) is 33.5 Å². The Bertz CT molecular complexity index is 1340. The van der Waals surface area contributed by atoms with Crippen molar-refractivity contribution in [1.29, 1.82) is 0 Å². The van der Waals surface area contributed by atoms with Crippen LogP contribution in [-0.2, 0) is 9.47 Å². The second kappa shape index (κ2) is 13.0. The van der Waals surface area contributed by atoms with Crippen LogP contribution in [0, 0.1) is 0 Å². The average molecular weight is 559 g/mol. The summed E-state index contributed by atoms with van der Waals surface area (Å²) >= 11 is 0. The van der Waals surface area contributed by atoms with Crippen LogP contribution in [0.25, 0.3) is 11.3 Å². The van der Waals surface area contributed by atoms with Crippen molar-refractivity contribution in [1.82, 2.24) is 0 Å². The minimum absolute atomic E-state index is 0.0103. The van der Waals surface area contributed by atoms with Gasteiger partial charge in [0.25, 0.3) is 0 Å². The smallest absolute Gasteiger partial charge is 0.199 e. The van der Waals surface area contributed by atoms with Gasteiger partial charge in [-0.2, -0.15) is 0 Å². The number of hydrogen-bond acceptors (Lipinski definition) is 7. The summed E-state index contributed by atoms with van der Waals surface area (Å²) in [5, 5.41) is 9.12. The van der Waals surface area contributed by atoms with Gasteiger partial charge in [-0.25, -0.2) is 0 Å². The summed E-state index contributed by atoms with van der Waals surface area (Å²) < 4.78 is 36.3. The lowest BCUT2D eigenvalue weighted by Crippen LogP contribution is -2.25. The number of rotatable bonds is 9.